The first kappa shape index (κ1) is 21.3. The second kappa shape index (κ2) is 9.47. The Kier molecular flexibility index (Phi) is 6.51. The molecule has 31 heavy (non-hydrogen) atoms. The van der Waals surface area contributed by atoms with Crippen molar-refractivity contribution in [2.24, 2.45) is 4.99 Å². The third-order valence-corrected chi connectivity index (χ3v) is 6.51. The van der Waals surface area contributed by atoms with E-state index in [0.717, 1.165) is 24.3 Å². The van der Waals surface area contributed by atoms with Crippen LogP contribution < -0.4 is 9.64 Å². The van der Waals surface area contributed by atoms with E-state index in [4.69, 9.17) is 9.73 Å². The molecule has 2 aliphatic rings. The van der Waals surface area contributed by atoms with E-state index in [1.54, 1.807) is 23.1 Å². The van der Waals surface area contributed by atoms with Crippen LogP contribution >= 0.6 is 11.8 Å². The van der Waals surface area contributed by atoms with E-state index in [2.05, 4.69) is 17.0 Å². The SMILES string of the molecule is CCN1C(=O)/C(=C/c2ccc(OC)c(O)c2)SC1=Nc1ccc(N2CCCCC2)cc1. The Labute approximate surface area is 187 Å². The zero-order valence-electron chi connectivity index (χ0n) is 17.9. The highest BCUT2D eigenvalue weighted by Crippen LogP contribution is 2.35. The molecule has 2 fully saturated rings. The van der Waals surface area contributed by atoms with Crippen molar-refractivity contribution < 1.29 is 14.6 Å². The first-order valence-corrected chi connectivity index (χ1v) is 11.4. The van der Waals surface area contributed by atoms with Gasteiger partial charge in [-0.3, -0.25) is 9.69 Å². The van der Waals surface area contributed by atoms with E-state index in [1.165, 1.54) is 43.8 Å². The van der Waals surface area contributed by atoms with Gasteiger partial charge in [-0.05, 0) is 86.0 Å². The number of benzene rings is 2. The number of amides is 1. The van der Waals surface area contributed by atoms with E-state index in [1.807, 2.05) is 25.1 Å². The topological polar surface area (TPSA) is 65.4 Å². The van der Waals surface area contributed by atoms with Crippen molar-refractivity contribution in [3.05, 3.63) is 52.9 Å². The standard InChI is InChI=1S/C24H27N3O3S/c1-3-27-23(29)22(16-17-7-12-21(30-2)20(28)15-17)31-24(27)25-18-8-10-19(11-9-18)26-13-5-4-6-14-26/h7-12,15-16,28H,3-6,13-14H2,1-2H3/b22-16-,25-24?. The number of hydrogen-bond acceptors (Lipinski definition) is 6. The van der Waals surface area contributed by atoms with Crippen molar-refractivity contribution in [3.63, 3.8) is 0 Å². The van der Waals surface area contributed by atoms with Crippen LogP contribution in [0.1, 0.15) is 31.7 Å². The molecule has 1 amide bonds. The molecule has 2 aromatic rings. The third kappa shape index (κ3) is 4.71. The summed E-state index contributed by atoms with van der Waals surface area (Å²) in [7, 11) is 1.50. The summed E-state index contributed by atoms with van der Waals surface area (Å²) in [6, 6.07) is 13.3. The van der Waals surface area contributed by atoms with E-state index >= 15 is 0 Å². The van der Waals surface area contributed by atoms with Crippen LogP contribution in [0.5, 0.6) is 11.5 Å². The van der Waals surface area contributed by atoms with E-state index in [0.29, 0.717) is 22.4 Å². The molecule has 0 aliphatic carbocycles. The molecule has 0 saturated carbocycles. The maximum Gasteiger partial charge on any atom is 0.266 e. The van der Waals surface area contributed by atoms with E-state index in [-0.39, 0.29) is 11.7 Å². The molecule has 6 nitrogen and oxygen atoms in total. The molecule has 0 atom stereocenters. The van der Waals surface area contributed by atoms with Crippen molar-refractivity contribution in [3.8, 4) is 11.5 Å². The zero-order valence-corrected chi connectivity index (χ0v) is 18.7. The number of methoxy groups -OCH3 is 1. The predicted octanol–water partition coefficient (Wildman–Crippen LogP) is 5.02. The number of hydrogen-bond donors (Lipinski definition) is 1. The van der Waals surface area contributed by atoms with Gasteiger partial charge in [0.1, 0.15) is 0 Å². The number of carbonyl (C=O) groups is 1. The Morgan fingerprint density at radius 2 is 1.87 bits per heavy atom. The molecule has 0 unspecified atom stereocenters. The van der Waals surface area contributed by atoms with Gasteiger partial charge in [0.2, 0.25) is 0 Å². The molecular weight excluding hydrogens is 410 g/mol. The quantitative estimate of drug-likeness (QED) is 0.666. The van der Waals surface area contributed by atoms with Crippen LogP contribution in [-0.2, 0) is 4.79 Å². The summed E-state index contributed by atoms with van der Waals surface area (Å²) < 4.78 is 5.08. The molecule has 0 aromatic heterocycles. The number of nitrogens with zero attached hydrogens (tertiary/aromatic N) is 3. The third-order valence-electron chi connectivity index (χ3n) is 5.50. The Hall–Kier alpha value is -2.93. The number of piperidine rings is 1. The summed E-state index contributed by atoms with van der Waals surface area (Å²) >= 11 is 1.35. The van der Waals surface area contributed by atoms with Crippen LogP contribution in [0.25, 0.3) is 6.08 Å². The van der Waals surface area contributed by atoms with Crippen LogP contribution in [0.3, 0.4) is 0 Å². The zero-order chi connectivity index (χ0) is 21.8. The highest BCUT2D eigenvalue weighted by Gasteiger charge is 2.32. The summed E-state index contributed by atoms with van der Waals surface area (Å²) in [5.41, 5.74) is 2.79. The summed E-state index contributed by atoms with van der Waals surface area (Å²) in [5.74, 6) is 0.367. The lowest BCUT2D eigenvalue weighted by Crippen LogP contribution is -2.29. The number of aromatic hydroxyl groups is 1. The molecule has 0 bridgehead atoms. The number of phenolic OH excluding ortho intramolecular Hbond substituents is 1. The summed E-state index contributed by atoms with van der Waals surface area (Å²) in [4.78, 5) is 22.3. The van der Waals surface area contributed by atoms with E-state index < -0.39 is 0 Å². The van der Waals surface area contributed by atoms with Gasteiger partial charge in [-0.1, -0.05) is 6.07 Å². The first-order chi connectivity index (χ1) is 15.1. The van der Waals surface area contributed by atoms with Gasteiger partial charge >= 0.3 is 0 Å². The highest BCUT2D eigenvalue weighted by molar-refractivity contribution is 8.18. The summed E-state index contributed by atoms with van der Waals surface area (Å²) in [6.07, 6.45) is 5.58. The smallest absolute Gasteiger partial charge is 0.266 e. The number of anilines is 1. The fraction of sp³-hybridized carbons (Fsp3) is 0.333. The van der Waals surface area contributed by atoms with Crippen LogP contribution in [0, 0.1) is 0 Å². The van der Waals surface area contributed by atoms with Crippen LogP contribution in [0.4, 0.5) is 11.4 Å². The monoisotopic (exact) mass is 437 g/mol. The van der Waals surface area contributed by atoms with Crippen molar-refractivity contribution in [1.82, 2.24) is 4.90 Å². The number of amidine groups is 1. The number of rotatable bonds is 5. The minimum atomic E-state index is -0.0773. The molecule has 4 rings (SSSR count). The Morgan fingerprint density at radius 3 is 2.52 bits per heavy atom. The lowest BCUT2D eigenvalue weighted by Gasteiger charge is -2.28. The number of carbonyl (C=O) groups excluding carboxylic acids is 1. The predicted molar refractivity (Wildman–Crippen MR) is 127 cm³/mol. The fourth-order valence-corrected chi connectivity index (χ4v) is 4.88. The largest absolute Gasteiger partial charge is 0.504 e. The second-order valence-corrected chi connectivity index (χ2v) is 8.56. The van der Waals surface area contributed by atoms with Crippen LogP contribution in [0.15, 0.2) is 52.4 Å². The molecule has 0 spiro atoms. The van der Waals surface area contributed by atoms with Gasteiger partial charge in [0.25, 0.3) is 5.91 Å². The fourth-order valence-electron chi connectivity index (χ4n) is 3.82. The molecule has 7 heteroatoms. The Morgan fingerprint density at radius 1 is 1.13 bits per heavy atom. The van der Waals surface area contributed by atoms with Crippen LogP contribution in [0.2, 0.25) is 0 Å². The van der Waals surface area contributed by atoms with Gasteiger partial charge in [-0.25, -0.2) is 4.99 Å². The van der Waals surface area contributed by atoms with Gasteiger partial charge in [0.05, 0.1) is 17.7 Å². The number of aliphatic imine (C=N–C) groups is 1. The second-order valence-electron chi connectivity index (χ2n) is 7.55. The minimum Gasteiger partial charge on any atom is -0.504 e. The first-order valence-electron chi connectivity index (χ1n) is 10.6. The molecule has 0 radical (unpaired) electrons. The van der Waals surface area contributed by atoms with Gasteiger partial charge in [0.15, 0.2) is 16.7 Å². The molecule has 2 saturated heterocycles. The van der Waals surface area contributed by atoms with Gasteiger partial charge in [-0.15, -0.1) is 0 Å². The summed E-state index contributed by atoms with van der Waals surface area (Å²) in [5, 5.41) is 10.7. The lowest BCUT2D eigenvalue weighted by atomic mass is 10.1. The van der Waals surface area contributed by atoms with Gasteiger partial charge < -0.3 is 14.7 Å². The Balaban J connectivity index is 1.55. The number of likely N-dealkylation sites (N-methyl/N-ethyl adjacent to an activating group) is 1. The Bertz CT molecular complexity index is 1010. The highest BCUT2D eigenvalue weighted by atomic mass is 32.2. The van der Waals surface area contributed by atoms with Gasteiger partial charge in [0, 0.05) is 25.3 Å². The van der Waals surface area contributed by atoms with Crippen LogP contribution in [-0.4, -0.2) is 47.8 Å². The van der Waals surface area contributed by atoms with Crippen molar-refractivity contribution in [2.75, 3.05) is 31.6 Å². The normalized spacial score (nSPS) is 19.5. The number of phenols is 1. The minimum absolute atomic E-state index is 0.0438. The average molecular weight is 438 g/mol. The number of thioether (sulfide) groups is 1. The maximum atomic E-state index is 12.9. The average Bonchev–Trinajstić information content (AvgIpc) is 3.08. The molecule has 2 heterocycles. The molecule has 2 aliphatic heterocycles. The van der Waals surface area contributed by atoms with E-state index in [9.17, 15) is 9.90 Å². The summed E-state index contributed by atoms with van der Waals surface area (Å²) in [6.45, 7) is 4.70. The lowest BCUT2D eigenvalue weighted by molar-refractivity contribution is -0.122. The molecule has 2 aromatic carbocycles. The van der Waals surface area contributed by atoms with Gasteiger partial charge in [-0.2, -0.15) is 0 Å². The molecular formula is C24H27N3O3S. The maximum absolute atomic E-state index is 12.9. The molecule has 162 valence electrons. The molecule has 1 N–H and O–H groups in total. The van der Waals surface area contributed by atoms with Crippen molar-refractivity contribution in [2.45, 2.75) is 26.2 Å². The number of ether oxygens (including phenoxy) is 1. The van der Waals surface area contributed by atoms with Crippen molar-refractivity contribution in [1.29, 1.82) is 0 Å². The van der Waals surface area contributed by atoms with Crippen molar-refractivity contribution >= 4 is 40.3 Å².